The molecule has 4 amide bonds. The maximum Gasteiger partial charge on any atom is 0.243 e. The van der Waals surface area contributed by atoms with Crippen LogP contribution in [0.25, 0.3) is 0 Å². The molecule has 1 unspecified atom stereocenters. The molecule has 3 aromatic rings. The normalized spacial score (nSPS) is 20.3. The van der Waals surface area contributed by atoms with E-state index in [4.69, 9.17) is 9.47 Å². The van der Waals surface area contributed by atoms with E-state index >= 15 is 0 Å². The summed E-state index contributed by atoms with van der Waals surface area (Å²) in [4.78, 5) is 56.3. The summed E-state index contributed by atoms with van der Waals surface area (Å²) >= 11 is 0. The Morgan fingerprint density at radius 2 is 1.67 bits per heavy atom. The highest BCUT2D eigenvalue weighted by Gasteiger charge is 2.32. The lowest BCUT2D eigenvalue weighted by atomic mass is 9.94. The lowest BCUT2D eigenvalue weighted by Crippen LogP contribution is -2.55. The third-order valence-electron chi connectivity index (χ3n) is 9.74. The molecule has 3 atom stereocenters. The molecule has 2 aliphatic heterocycles. The molecular weight excluding hydrogens is 644 g/mol. The molecule has 0 radical (unpaired) electrons. The summed E-state index contributed by atoms with van der Waals surface area (Å²) in [6.07, 6.45) is 5.08. The molecule has 2 heterocycles. The molecule has 0 saturated carbocycles. The van der Waals surface area contributed by atoms with E-state index in [2.05, 4.69) is 28.1 Å². The maximum atomic E-state index is 14.0. The fourth-order valence-corrected chi connectivity index (χ4v) is 6.67. The molecule has 10 heteroatoms. The first-order valence-electron chi connectivity index (χ1n) is 18.4. The number of nitrogens with one attached hydrogen (secondary N) is 3. The van der Waals surface area contributed by atoms with E-state index in [-0.39, 0.29) is 49.6 Å². The Morgan fingerprint density at radius 1 is 0.922 bits per heavy atom. The number of hydrogen-bond acceptors (Lipinski definition) is 6. The van der Waals surface area contributed by atoms with Gasteiger partial charge in [-0.25, -0.2) is 0 Å². The van der Waals surface area contributed by atoms with Crippen LogP contribution in [-0.2, 0) is 43.3 Å². The topological polar surface area (TPSA) is 126 Å². The number of fused-ring (bicyclic) bond motifs is 4. The van der Waals surface area contributed by atoms with Crippen molar-refractivity contribution in [3.8, 4) is 5.75 Å². The van der Waals surface area contributed by atoms with E-state index in [1.54, 1.807) is 4.90 Å². The second-order valence-electron chi connectivity index (χ2n) is 13.7. The summed E-state index contributed by atoms with van der Waals surface area (Å²) in [7, 11) is 0. The van der Waals surface area contributed by atoms with Gasteiger partial charge in [-0.1, -0.05) is 66.7 Å². The van der Waals surface area contributed by atoms with Gasteiger partial charge in [0.05, 0.1) is 19.6 Å². The second-order valence-corrected chi connectivity index (χ2v) is 13.7. The van der Waals surface area contributed by atoms with Gasteiger partial charge < -0.3 is 30.3 Å². The van der Waals surface area contributed by atoms with Crippen molar-refractivity contribution in [1.82, 2.24) is 20.9 Å². The summed E-state index contributed by atoms with van der Waals surface area (Å²) in [6.45, 7) is 4.64. The third-order valence-corrected chi connectivity index (χ3v) is 9.74. The van der Waals surface area contributed by atoms with Crippen molar-refractivity contribution < 1.29 is 28.7 Å². The predicted molar refractivity (Wildman–Crippen MR) is 196 cm³/mol. The van der Waals surface area contributed by atoms with Gasteiger partial charge in [0.2, 0.25) is 23.6 Å². The average Bonchev–Trinajstić information content (AvgIpc) is 3.15. The molecule has 3 N–H and O–H groups in total. The van der Waals surface area contributed by atoms with Gasteiger partial charge in [-0.05, 0) is 92.2 Å². The molecule has 51 heavy (non-hydrogen) atoms. The Morgan fingerprint density at radius 3 is 2.43 bits per heavy atom. The predicted octanol–water partition coefficient (Wildman–Crippen LogP) is 4.66. The highest BCUT2D eigenvalue weighted by Crippen LogP contribution is 2.23. The molecule has 272 valence electrons. The Kier molecular flexibility index (Phi) is 14.5. The first-order valence-corrected chi connectivity index (χ1v) is 18.4. The molecule has 0 spiro atoms. The zero-order valence-corrected chi connectivity index (χ0v) is 29.7. The highest BCUT2D eigenvalue weighted by atomic mass is 16.5. The fraction of sp³-hybridized carbons (Fsp3) is 0.463. The van der Waals surface area contributed by atoms with Crippen molar-refractivity contribution in [2.75, 3.05) is 32.9 Å². The van der Waals surface area contributed by atoms with Crippen molar-refractivity contribution in [2.24, 2.45) is 5.92 Å². The lowest BCUT2D eigenvalue weighted by Gasteiger charge is -2.34. The second kappa shape index (κ2) is 19.6. The Labute approximate surface area is 301 Å². The van der Waals surface area contributed by atoms with Gasteiger partial charge in [0, 0.05) is 32.7 Å². The molecule has 4 bridgehead atoms. The minimum absolute atomic E-state index is 0.0471. The largest absolute Gasteiger partial charge is 0.494 e. The van der Waals surface area contributed by atoms with Crippen LogP contribution in [0.2, 0.25) is 0 Å². The van der Waals surface area contributed by atoms with Crippen LogP contribution in [0.3, 0.4) is 0 Å². The summed E-state index contributed by atoms with van der Waals surface area (Å²) in [5.41, 5.74) is 4.21. The van der Waals surface area contributed by atoms with Crippen molar-refractivity contribution in [3.63, 3.8) is 0 Å². The number of benzene rings is 3. The molecule has 10 nitrogen and oxygen atoms in total. The monoisotopic (exact) mass is 696 g/mol. The van der Waals surface area contributed by atoms with E-state index in [0.717, 1.165) is 54.5 Å². The molecule has 0 aromatic heterocycles. The first kappa shape index (κ1) is 37.6. The van der Waals surface area contributed by atoms with Crippen LogP contribution in [0.4, 0.5) is 0 Å². The fourth-order valence-electron chi connectivity index (χ4n) is 6.67. The van der Waals surface area contributed by atoms with Crippen molar-refractivity contribution >= 4 is 23.6 Å². The van der Waals surface area contributed by atoms with Gasteiger partial charge in [0.15, 0.2) is 0 Å². The summed E-state index contributed by atoms with van der Waals surface area (Å²) in [5, 5.41) is 8.71. The number of amides is 4. The van der Waals surface area contributed by atoms with E-state index < -0.39 is 18.0 Å². The van der Waals surface area contributed by atoms with Gasteiger partial charge in [-0.15, -0.1) is 0 Å². The molecule has 2 aliphatic rings. The summed E-state index contributed by atoms with van der Waals surface area (Å²) in [5.74, 6) is -0.482. The summed E-state index contributed by atoms with van der Waals surface area (Å²) < 4.78 is 11.8. The quantitative estimate of drug-likeness (QED) is 0.251. The zero-order chi connectivity index (χ0) is 35.8. The van der Waals surface area contributed by atoms with E-state index in [9.17, 15) is 19.2 Å². The van der Waals surface area contributed by atoms with Crippen molar-refractivity contribution in [2.45, 2.75) is 83.3 Å². The molecular formula is C41H52N4O6. The molecule has 5 rings (SSSR count). The highest BCUT2D eigenvalue weighted by molar-refractivity contribution is 5.95. The van der Waals surface area contributed by atoms with Gasteiger partial charge in [0.1, 0.15) is 17.8 Å². The van der Waals surface area contributed by atoms with Crippen LogP contribution in [-0.4, -0.2) is 73.5 Å². The van der Waals surface area contributed by atoms with E-state index in [1.165, 1.54) is 5.56 Å². The third kappa shape index (κ3) is 12.2. The SMILES string of the molecule is Cc1ccc2cc1CNC(=O)[C@H](CCc1ccccc1)NC(=O)[C@@H](NC(=O)CCOCCCc1ccccc1)CC(=O)N1CCCC(CCO2)C1. The van der Waals surface area contributed by atoms with Gasteiger partial charge in [-0.2, -0.15) is 0 Å². The van der Waals surface area contributed by atoms with Crippen LogP contribution in [0.5, 0.6) is 5.75 Å². The summed E-state index contributed by atoms with van der Waals surface area (Å²) in [6, 6.07) is 23.7. The van der Waals surface area contributed by atoms with Crippen LogP contribution < -0.4 is 20.7 Å². The number of carbonyl (C=O) groups is 4. The molecule has 0 aliphatic carbocycles. The van der Waals surface area contributed by atoms with Gasteiger partial charge in [0.25, 0.3) is 0 Å². The minimum Gasteiger partial charge on any atom is -0.494 e. The molecule has 1 fully saturated rings. The number of piperidine rings is 1. The van der Waals surface area contributed by atoms with E-state index in [1.807, 2.05) is 73.7 Å². The zero-order valence-electron chi connectivity index (χ0n) is 29.7. The lowest BCUT2D eigenvalue weighted by molar-refractivity contribution is -0.138. The minimum atomic E-state index is -1.14. The van der Waals surface area contributed by atoms with E-state index in [0.29, 0.717) is 39.1 Å². The van der Waals surface area contributed by atoms with Crippen LogP contribution in [0, 0.1) is 12.8 Å². The van der Waals surface area contributed by atoms with Crippen LogP contribution >= 0.6 is 0 Å². The number of nitrogens with zero attached hydrogens (tertiary/aromatic N) is 1. The number of rotatable bonds is 11. The van der Waals surface area contributed by atoms with Gasteiger partial charge in [-0.3, -0.25) is 19.2 Å². The molecule has 3 aromatic carbocycles. The number of carbonyl (C=O) groups excluding carboxylic acids is 4. The van der Waals surface area contributed by atoms with Crippen LogP contribution in [0.15, 0.2) is 78.9 Å². The number of hydrogen-bond donors (Lipinski definition) is 3. The standard InChI is InChI=1S/C41H52N4O6/c1-30-16-18-35-26-34(30)28-42-40(48)36(19-17-32-12-6-3-7-13-32)44-41(49)37(27-39(47)45-22-8-14-33(29-45)20-25-51-35)43-38(46)21-24-50-23-9-15-31-10-4-2-5-11-31/h2-7,10-13,16,18,26,33,36-37H,8-9,14-15,17,19-25,27-29H2,1H3,(H,42,48)(H,43,46)(H,44,49)/t33?,36-,37-/m0/s1. The van der Waals surface area contributed by atoms with Crippen molar-refractivity contribution in [3.05, 3.63) is 101 Å². The number of aryl methyl sites for hydroxylation is 3. The Bertz CT molecular complexity index is 1580. The first-order chi connectivity index (χ1) is 24.8. The Hall–Kier alpha value is -4.70. The smallest absolute Gasteiger partial charge is 0.243 e. The number of ether oxygens (including phenoxy) is 2. The van der Waals surface area contributed by atoms with Gasteiger partial charge >= 0.3 is 0 Å². The molecule has 1 saturated heterocycles. The Balaban J connectivity index is 1.28. The maximum absolute atomic E-state index is 14.0. The average molecular weight is 697 g/mol. The van der Waals surface area contributed by atoms with Crippen LogP contribution in [0.1, 0.15) is 67.2 Å². The van der Waals surface area contributed by atoms with Crippen molar-refractivity contribution in [1.29, 1.82) is 0 Å².